The van der Waals surface area contributed by atoms with Gasteiger partial charge < -0.3 is 34.1 Å². The summed E-state index contributed by atoms with van der Waals surface area (Å²) in [5.74, 6) is -1.11. The van der Waals surface area contributed by atoms with Crippen LogP contribution in [0.2, 0.25) is 20.1 Å². The SMILES string of the molecule is N#Cc1cncc(COc2cc(OCc3cccc(-c4cccc(COc5cc(OCc6cncc(C#N)c6)c(C(=O)NC6COC6)cc5Cl)c4Cl)c3Cl)c(Cl)cc2C(=O)O)c1. The molecule has 0 atom stereocenters. The molecular weight excluding hydrogens is 880 g/mol. The van der Waals surface area contributed by atoms with Crippen molar-refractivity contribution in [3.8, 4) is 46.3 Å². The lowest BCUT2D eigenvalue weighted by Crippen LogP contribution is -2.48. The normalized spacial score (nSPS) is 12.0. The molecule has 17 heteroatoms. The van der Waals surface area contributed by atoms with E-state index >= 15 is 0 Å². The summed E-state index contributed by atoms with van der Waals surface area (Å²) in [6.07, 6.45) is 5.91. The second-order valence-corrected chi connectivity index (χ2v) is 15.2. The van der Waals surface area contributed by atoms with Crippen LogP contribution in [0.1, 0.15) is 54.1 Å². The number of pyridine rings is 2. The van der Waals surface area contributed by atoms with Gasteiger partial charge in [0, 0.05) is 70.3 Å². The van der Waals surface area contributed by atoms with E-state index in [-0.39, 0.29) is 76.6 Å². The Bertz CT molecular complexity index is 2770. The molecule has 0 spiro atoms. The molecule has 7 rings (SSSR count). The maximum atomic E-state index is 13.3. The third-order valence-corrected chi connectivity index (χ3v) is 10.9. The second-order valence-electron chi connectivity index (χ2n) is 13.7. The molecule has 3 heterocycles. The molecule has 1 fully saturated rings. The molecule has 13 nitrogen and oxygen atoms in total. The van der Waals surface area contributed by atoms with Gasteiger partial charge in [0.2, 0.25) is 0 Å². The van der Waals surface area contributed by atoms with E-state index in [1.165, 1.54) is 42.9 Å². The molecule has 62 heavy (non-hydrogen) atoms. The van der Waals surface area contributed by atoms with Gasteiger partial charge in [-0.1, -0.05) is 82.8 Å². The lowest BCUT2D eigenvalue weighted by Gasteiger charge is -2.27. The van der Waals surface area contributed by atoms with Crippen molar-refractivity contribution >= 4 is 58.3 Å². The molecule has 0 aliphatic carbocycles. The van der Waals surface area contributed by atoms with Gasteiger partial charge in [-0.05, 0) is 24.3 Å². The van der Waals surface area contributed by atoms with Gasteiger partial charge in [-0.15, -0.1) is 0 Å². The van der Waals surface area contributed by atoms with E-state index in [1.807, 2.05) is 12.1 Å². The Kier molecular flexibility index (Phi) is 13.9. The highest BCUT2D eigenvalue weighted by Crippen LogP contribution is 2.40. The topological polar surface area (TPSA) is 186 Å². The number of carbonyl (C=O) groups is 2. The van der Waals surface area contributed by atoms with Crippen molar-refractivity contribution < 1.29 is 38.4 Å². The average molecular weight is 912 g/mol. The van der Waals surface area contributed by atoms with Crippen LogP contribution in [0.4, 0.5) is 0 Å². The molecule has 1 aliphatic heterocycles. The Balaban J connectivity index is 1.08. The second kappa shape index (κ2) is 19.9. The van der Waals surface area contributed by atoms with Crippen molar-refractivity contribution in [2.24, 2.45) is 0 Å². The lowest BCUT2D eigenvalue weighted by atomic mass is 10.0. The molecule has 0 bridgehead atoms. The van der Waals surface area contributed by atoms with E-state index in [1.54, 1.807) is 54.7 Å². The van der Waals surface area contributed by atoms with E-state index < -0.39 is 11.9 Å². The maximum absolute atomic E-state index is 13.3. The number of carbonyl (C=O) groups excluding carboxylic acids is 1. The van der Waals surface area contributed by atoms with Gasteiger partial charge >= 0.3 is 5.97 Å². The van der Waals surface area contributed by atoms with Gasteiger partial charge in [-0.3, -0.25) is 14.8 Å². The van der Waals surface area contributed by atoms with Gasteiger partial charge in [0.25, 0.3) is 5.91 Å². The number of nitriles is 2. The van der Waals surface area contributed by atoms with Crippen molar-refractivity contribution in [3.05, 3.63) is 162 Å². The Morgan fingerprint density at radius 2 is 1.13 bits per heavy atom. The number of nitrogens with one attached hydrogen (secondary N) is 1. The van der Waals surface area contributed by atoms with Gasteiger partial charge in [-0.25, -0.2) is 4.79 Å². The molecule has 6 aromatic rings. The maximum Gasteiger partial charge on any atom is 0.339 e. The number of hydrogen-bond acceptors (Lipinski definition) is 11. The average Bonchev–Trinajstić information content (AvgIpc) is 3.26. The molecule has 0 unspecified atom stereocenters. The number of aromatic nitrogens is 2. The summed E-state index contributed by atoms with van der Waals surface area (Å²) in [6.45, 7) is 0.645. The van der Waals surface area contributed by atoms with Crippen molar-refractivity contribution in [1.29, 1.82) is 10.5 Å². The van der Waals surface area contributed by atoms with Crippen molar-refractivity contribution in [2.45, 2.75) is 32.5 Å². The molecule has 2 N–H and O–H groups in total. The number of carboxylic acid groups (broad SMARTS) is 1. The summed E-state index contributed by atoms with van der Waals surface area (Å²) in [7, 11) is 0. The predicted octanol–water partition coefficient (Wildman–Crippen LogP) is 9.64. The number of hydrogen-bond donors (Lipinski definition) is 2. The minimum absolute atomic E-state index is 0.00395. The molecule has 1 amide bonds. The zero-order valence-electron chi connectivity index (χ0n) is 32.2. The molecule has 0 saturated carbocycles. The minimum Gasteiger partial charge on any atom is -0.488 e. The summed E-state index contributed by atoms with van der Waals surface area (Å²) in [5, 5.41) is 32.1. The van der Waals surface area contributed by atoms with E-state index in [9.17, 15) is 25.2 Å². The standard InChI is InChI=1S/C45H31Cl4N5O8/c46-36-9-34(44(55)54-31-23-58-24-31)38(59-19-27-7-25(13-50)15-52-17-27)11-40(36)61-21-29-3-1-5-32(42(29)48)33-6-2-4-30(43(33)49)22-62-41-12-39(35(45(56)57)10-37(41)47)60-20-28-8-26(14-51)16-53-18-28/h1-12,15-18,31H,19-24H2,(H,54,55)(H,56,57). The van der Waals surface area contributed by atoms with Crippen LogP contribution in [0.15, 0.2) is 97.6 Å². The number of amides is 1. The highest BCUT2D eigenvalue weighted by atomic mass is 35.5. The fourth-order valence-electron chi connectivity index (χ4n) is 6.14. The molecule has 0 radical (unpaired) electrons. The highest BCUT2D eigenvalue weighted by Gasteiger charge is 2.25. The first-order valence-corrected chi connectivity index (χ1v) is 20.1. The highest BCUT2D eigenvalue weighted by molar-refractivity contribution is 6.37. The van der Waals surface area contributed by atoms with Crippen LogP contribution in [-0.4, -0.2) is 46.2 Å². The predicted molar refractivity (Wildman–Crippen MR) is 229 cm³/mol. The van der Waals surface area contributed by atoms with E-state index in [2.05, 4.69) is 15.3 Å². The largest absolute Gasteiger partial charge is 0.488 e. The molecule has 1 saturated heterocycles. The first-order chi connectivity index (χ1) is 30.0. The molecule has 312 valence electrons. The zero-order chi connectivity index (χ0) is 43.8. The minimum atomic E-state index is -1.26. The van der Waals surface area contributed by atoms with Crippen molar-refractivity contribution in [3.63, 3.8) is 0 Å². The van der Waals surface area contributed by atoms with Crippen LogP contribution in [0, 0.1) is 22.7 Å². The smallest absolute Gasteiger partial charge is 0.339 e. The molecular formula is C45H31Cl4N5O8. The van der Waals surface area contributed by atoms with Crippen molar-refractivity contribution in [2.75, 3.05) is 13.2 Å². The van der Waals surface area contributed by atoms with Gasteiger partial charge in [0.05, 0.1) is 56.0 Å². The lowest BCUT2D eigenvalue weighted by molar-refractivity contribution is -0.00351. The molecule has 2 aromatic heterocycles. The number of halogens is 4. The van der Waals surface area contributed by atoms with Crippen LogP contribution in [0.3, 0.4) is 0 Å². The number of benzene rings is 4. The monoisotopic (exact) mass is 909 g/mol. The summed E-state index contributed by atoms with van der Waals surface area (Å²) < 4.78 is 29.3. The zero-order valence-corrected chi connectivity index (χ0v) is 35.2. The van der Waals surface area contributed by atoms with Gasteiger partial charge in [0.15, 0.2) is 0 Å². The quantitative estimate of drug-likeness (QED) is 0.0938. The van der Waals surface area contributed by atoms with E-state index in [4.69, 9.17) is 70.1 Å². The van der Waals surface area contributed by atoms with E-state index in [0.717, 1.165) is 0 Å². The van der Waals surface area contributed by atoms with Crippen LogP contribution in [0.25, 0.3) is 11.1 Å². The number of rotatable bonds is 16. The fraction of sp³-hybridized carbons (Fsp3) is 0.156. The summed E-state index contributed by atoms with van der Waals surface area (Å²) in [5.41, 5.74) is 4.24. The third kappa shape index (κ3) is 10.3. The Hall–Kier alpha value is -6.58. The Morgan fingerprint density at radius 1 is 0.661 bits per heavy atom. The first kappa shape index (κ1) is 43.5. The Labute approximate surface area is 374 Å². The first-order valence-electron chi connectivity index (χ1n) is 18.5. The van der Waals surface area contributed by atoms with Crippen LogP contribution < -0.4 is 24.3 Å². The van der Waals surface area contributed by atoms with Crippen LogP contribution in [0.5, 0.6) is 23.0 Å². The number of aromatic carboxylic acids is 1. The van der Waals surface area contributed by atoms with Gasteiger partial charge in [-0.2, -0.15) is 10.5 Å². The molecule has 4 aromatic carbocycles. The van der Waals surface area contributed by atoms with Gasteiger partial charge in [0.1, 0.15) is 67.1 Å². The third-order valence-electron chi connectivity index (χ3n) is 9.37. The Morgan fingerprint density at radius 3 is 1.58 bits per heavy atom. The van der Waals surface area contributed by atoms with Crippen LogP contribution >= 0.6 is 46.4 Å². The summed E-state index contributed by atoms with van der Waals surface area (Å²) >= 11 is 27.1. The fourth-order valence-corrected chi connectivity index (χ4v) is 7.14. The van der Waals surface area contributed by atoms with Crippen molar-refractivity contribution in [1.82, 2.24) is 15.3 Å². The van der Waals surface area contributed by atoms with E-state index in [0.29, 0.717) is 67.8 Å². The van der Waals surface area contributed by atoms with Crippen LogP contribution in [-0.2, 0) is 31.2 Å². The summed E-state index contributed by atoms with van der Waals surface area (Å²) in [6, 6.07) is 23.5. The number of carboxylic acids is 1. The number of ether oxygens (including phenoxy) is 5. The summed E-state index contributed by atoms with van der Waals surface area (Å²) in [4.78, 5) is 33.4. The number of nitrogens with zero attached hydrogens (tertiary/aromatic N) is 4. The molecule has 1 aliphatic rings.